The molecule has 2 rings (SSSR count). The summed E-state index contributed by atoms with van der Waals surface area (Å²) in [5.41, 5.74) is 1.64. The lowest BCUT2D eigenvalue weighted by molar-refractivity contribution is 0.414. The van der Waals surface area contributed by atoms with Gasteiger partial charge in [0, 0.05) is 12.0 Å². The smallest absolute Gasteiger partial charge is 0.119 e. The Bertz CT molecular complexity index is 403. The van der Waals surface area contributed by atoms with Crippen LogP contribution in [0.5, 0.6) is 5.75 Å². The van der Waals surface area contributed by atoms with Crippen molar-refractivity contribution in [3.63, 3.8) is 0 Å². The molecule has 15 heavy (non-hydrogen) atoms. The Morgan fingerprint density at radius 1 is 1.40 bits per heavy atom. The monoisotopic (exact) mass is 227 g/mol. The molecule has 1 aromatic carbocycles. The lowest BCUT2D eigenvalue weighted by Crippen LogP contribution is -1.97. The van der Waals surface area contributed by atoms with Crippen molar-refractivity contribution in [2.45, 2.75) is 6.42 Å². The lowest BCUT2D eigenvalue weighted by Gasteiger charge is -2.20. The third kappa shape index (κ3) is 2.31. The van der Waals surface area contributed by atoms with Gasteiger partial charge >= 0.3 is 0 Å². The molecule has 1 aliphatic rings. The molecule has 2 N–H and O–H groups in total. The molecule has 0 amide bonds. The average molecular weight is 227 g/mol. The van der Waals surface area contributed by atoms with E-state index in [1.54, 1.807) is 7.11 Å². The van der Waals surface area contributed by atoms with Crippen molar-refractivity contribution in [3.05, 3.63) is 29.8 Å². The Morgan fingerprint density at radius 3 is 2.80 bits per heavy atom. The molecule has 0 bridgehead atoms. The zero-order chi connectivity index (χ0) is 10.9. The highest BCUT2D eigenvalue weighted by Crippen LogP contribution is 2.46. The van der Waals surface area contributed by atoms with Gasteiger partial charge in [0.1, 0.15) is 5.75 Å². The van der Waals surface area contributed by atoms with Gasteiger partial charge in [0.05, 0.1) is 18.6 Å². The number of hydrogen-bond donors (Lipinski definition) is 2. The normalized spacial score (nSPS) is 20.9. The lowest BCUT2D eigenvalue weighted by atomic mass is 10.1. The van der Waals surface area contributed by atoms with Crippen LogP contribution in [0.15, 0.2) is 28.7 Å². The topological polar surface area (TPSA) is 62.0 Å². The molecule has 0 aliphatic carbocycles. The van der Waals surface area contributed by atoms with Crippen LogP contribution in [0.25, 0.3) is 0 Å². The number of ether oxygens (including phenoxy) is 1. The van der Waals surface area contributed by atoms with Gasteiger partial charge in [0.15, 0.2) is 0 Å². The molecular formula is C10H13NO3S. The Labute approximate surface area is 90.1 Å². The van der Waals surface area contributed by atoms with Crippen LogP contribution in [0, 0.1) is 0 Å². The Kier molecular flexibility index (Phi) is 2.68. The van der Waals surface area contributed by atoms with E-state index < -0.39 is 10.8 Å². The summed E-state index contributed by atoms with van der Waals surface area (Å²) in [4.78, 5) is 0. The summed E-state index contributed by atoms with van der Waals surface area (Å²) in [6.07, 6.45) is 0.607. The van der Waals surface area contributed by atoms with E-state index in [0.717, 1.165) is 17.0 Å². The SMILES string of the molecule is COc1cccc(C2=NS(O)(O)CC2)c1. The fourth-order valence-electron chi connectivity index (χ4n) is 1.50. The standard InChI is InChI=1S/C10H13NO3S/c1-14-9-4-2-3-8(7-9)10-5-6-15(12,13)11-10/h2-4,7,12-13H,5-6H2,1H3. The third-order valence-corrected chi connectivity index (χ3v) is 3.54. The molecule has 4 nitrogen and oxygen atoms in total. The first-order valence-corrected chi connectivity index (χ1v) is 6.27. The van der Waals surface area contributed by atoms with Crippen LogP contribution in [-0.2, 0) is 0 Å². The van der Waals surface area contributed by atoms with E-state index in [1.807, 2.05) is 24.3 Å². The quantitative estimate of drug-likeness (QED) is 0.816. The first-order chi connectivity index (χ1) is 7.11. The molecule has 5 heteroatoms. The molecule has 0 saturated carbocycles. The first-order valence-electron chi connectivity index (χ1n) is 4.60. The summed E-state index contributed by atoms with van der Waals surface area (Å²) in [6.45, 7) is 0. The van der Waals surface area contributed by atoms with Gasteiger partial charge in [-0.25, -0.2) is 0 Å². The van der Waals surface area contributed by atoms with Gasteiger partial charge in [0.25, 0.3) is 0 Å². The van der Waals surface area contributed by atoms with Gasteiger partial charge in [-0.15, -0.1) is 0 Å². The van der Waals surface area contributed by atoms with Crippen LogP contribution in [-0.4, -0.2) is 27.7 Å². The molecule has 0 fully saturated rings. The van der Waals surface area contributed by atoms with Crippen molar-refractivity contribution < 1.29 is 13.8 Å². The van der Waals surface area contributed by atoms with E-state index in [4.69, 9.17) is 4.74 Å². The van der Waals surface area contributed by atoms with E-state index in [9.17, 15) is 9.11 Å². The maximum Gasteiger partial charge on any atom is 0.119 e. The minimum atomic E-state index is -2.72. The Hall–Kier alpha value is -1.04. The van der Waals surface area contributed by atoms with Gasteiger partial charge in [-0.1, -0.05) is 22.9 Å². The molecule has 1 heterocycles. The predicted octanol–water partition coefficient (Wildman–Crippen LogP) is 2.55. The molecule has 0 aromatic heterocycles. The summed E-state index contributed by atoms with van der Waals surface area (Å²) in [5.74, 6) is 1.08. The molecule has 82 valence electrons. The largest absolute Gasteiger partial charge is 0.497 e. The van der Waals surface area contributed by atoms with Gasteiger partial charge in [0.2, 0.25) is 0 Å². The molecule has 0 saturated heterocycles. The summed E-state index contributed by atoms with van der Waals surface area (Å²) >= 11 is 0. The second kappa shape index (κ2) is 3.84. The van der Waals surface area contributed by atoms with E-state index >= 15 is 0 Å². The van der Waals surface area contributed by atoms with E-state index in [0.29, 0.717) is 12.2 Å². The fourth-order valence-corrected chi connectivity index (χ4v) is 2.61. The zero-order valence-electron chi connectivity index (χ0n) is 8.38. The van der Waals surface area contributed by atoms with Crippen molar-refractivity contribution in [2.75, 3.05) is 12.9 Å². The minimum Gasteiger partial charge on any atom is -0.497 e. The van der Waals surface area contributed by atoms with Gasteiger partial charge in [-0.05, 0) is 12.1 Å². The van der Waals surface area contributed by atoms with Crippen molar-refractivity contribution in [3.8, 4) is 5.75 Å². The molecular weight excluding hydrogens is 214 g/mol. The van der Waals surface area contributed by atoms with Crippen molar-refractivity contribution in [1.82, 2.24) is 0 Å². The highest BCUT2D eigenvalue weighted by Gasteiger charge is 2.22. The summed E-state index contributed by atoms with van der Waals surface area (Å²) in [7, 11) is -1.12. The number of hydrogen-bond acceptors (Lipinski definition) is 4. The fraction of sp³-hybridized carbons (Fsp3) is 0.300. The third-order valence-electron chi connectivity index (χ3n) is 2.27. The number of benzene rings is 1. The van der Waals surface area contributed by atoms with E-state index in [2.05, 4.69) is 4.40 Å². The number of methoxy groups -OCH3 is 1. The van der Waals surface area contributed by atoms with E-state index in [-0.39, 0.29) is 0 Å². The molecule has 0 radical (unpaired) electrons. The first kappa shape index (κ1) is 10.5. The molecule has 0 unspecified atom stereocenters. The Balaban J connectivity index is 2.31. The molecule has 1 aliphatic heterocycles. The van der Waals surface area contributed by atoms with Crippen molar-refractivity contribution >= 4 is 16.5 Å². The van der Waals surface area contributed by atoms with Crippen LogP contribution in [0.1, 0.15) is 12.0 Å². The van der Waals surface area contributed by atoms with Crippen LogP contribution < -0.4 is 4.74 Å². The highest BCUT2D eigenvalue weighted by atomic mass is 32.3. The maximum absolute atomic E-state index is 9.37. The molecule has 0 atom stereocenters. The van der Waals surface area contributed by atoms with Crippen LogP contribution in [0.4, 0.5) is 0 Å². The summed E-state index contributed by atoms with van der Waals surface area (Å²) < 4.78 is 27.8. The van der Waals surface area contributed by atoms with Crippen molar-refractivity contribution in [2.24, 2.45) is 4.40 Å². The number of rotatable bonds is 2. The van der Waals surface area contributed by atoms with Gasteiger partial charge < -0.3 is 4.74 Å². The zero-order valence-corrected chi connectivity index (χ0v) is 9.20. The van der Waals surface area contributed by atoms with Gasteiger partial charge in [-0.2, -0.15) is 4.40 Å². The highest BCUT2D eigenvalue weighted by molar-refractivity contribution is 8.23. The van der Waals surface area contributed by atoms with Gasteiger partial charge in [-0.3, -0.25) is 9.11 Å². The second-order valence-corrected chi connectivity index (χ2v) is 5.21. The van der Waals surface area contributed by atoms with Crippen LogP contribution in [0.3, 0.4) is 0 Å². The minimum absolute atomic E-state index is 0.333. The van der Waals surface area contributed by atoms with Crippen LogP contribution >= 0.6 is 10.8 Å². The molecule has 1 aromatic rings. The second-order valence-electron chi connectivity index (χ2n) is 3.36. The predicted molar refractivity (Wildman–Crippen MR) is 61.9 cm³/mol. The van der Waals surface area contributed by atoms with Crippen LogP contribution in [0.2, 0.25) is 0 Å². The Morgan fingerprint density at radius 2 is 2.20 bits per heavy atom. The summed E-state index contributed by atoms with van der Waals surface area (Å²) in [6, 6.07) is 7.44. The molecule has 0 spiro atoms. The maximum atomic E-state index is 9.37. The number of nitrogens with zero attached hydrogens (tertiary/aromatic N) is 1. The average Bonchev–Trinajstić information content (AvgIpc) is 2.59. The van der Waals surface area contributed by atoms with Crippen molar-refractivity contribution in [1.29, 1.82) is 0 Å². The summed E-state index contributed by atoms with van der Waals surface area (Å²) in [5, 5.41) is 0. The van der Waals surface area contributed by atoms with E-state index in [1.165, 1.54) is 0 Å².